The van der Waals surface area contributed by atoms with Gasteiger partial charge in [0, 0.05) is 37.1 Å². The summed E-state index contributed by atoms with van der Waals surface area (Å²) in [5.74, 6) is 0. The average molecular weight is 756 g/mol. The Labute approximate surface area is 343 Å². The molecule has 57 heavy (non-hydrogen) atoms. The van der Waals surface area contributed by atoms with Crippen molar-refractivity contribution in [3.8, 4) is 33.4 Å². The lowest BCUT2D eigenvalue weighted by Crippen LogP contribution is -2.55. The fourth-order valence-corrected chi connectivity index (χ4v) is 10.6. The minimum atomic E-state index is 0.00503. The highest BCUT2D eigenvalue weighted by Gasteiger charge is 2.44. The van der Waals surface area contributed by atoms with Crippen molar-refractivity contribution >= 4 is 71.7 Å². The van der Waals surface area contributed by atoms with E-state index in [-0.39, 0.29) is 23.0 Å². The van der Waals surface area contributed by atoms with Crippen molar-refractivity contribution in [2.24, 2.45) is 0 Å². The number of benzene rings is 7. The third-order valence-corrected chi connectivity index (χ3v) is 13.8. The van der Waals surface area contributed by atoms with Gasteiger partial charge in [-0.1, -0.05) is 171 Å². The fourth-order valence-electron chi connectivity index (χ4n) is 9.36. The van der Waals surface area contributed by atoms with Crippen LogP contribution in [0.3, 0.4) is 0 Å². The molecule has 0 fully saturated rings. The van der Waals surface area contributed by atoms with Crippen LogP contribution in [0, 0.1) is 0 Å². The molecular weight excluding hydrogens is 705 g/mol. The average Bonchev–Trinajstić information content (AvgIpc) is 3.73. The summed E-state index contributed by atoms with van der Waals surface area (Å²) in [6.45, 7) is 21.1. The predicted molar refractivity (Wildman–Crippen MR) is 251 cm³/mol. The van der Waals surface area contributed by atoms with Gasteiger partial charge in [-0.2, -0.15) is 0 Å². The molecule has 3 heteroatoms. The minimum absolute atomic E-state index is 0.00503. The molecule has 280 valence electrons. The van der Waals surface area contributed by atoms with Crippen molar-refractivity contribution in [2.75, 3.05) is 4.90 Å². The van der Waals surface area contributed by atoms with E-state index in [0.717, 1.165) is 0 Å². The molecule has 3 heterocycles. The number of hydrogen-bond donors (Lipinski definition) is 0. The topological polar surface area (TPSA) is 3.24 Å². The second-order valence-corrected chi connectivity index (χ2v) is 20.5. The maximum Gasteiger partial charge on any atom is 0.248 e. The van der Waals surface area contributed by atoms with Gasteiger partial charge in [0.05, 0.1) is 5.69 Å². The molecule has 0 radical (unpaired) electrons. The first kappa shape index (κ1) is 36.0. The van der Waals surface area contributed by atoms with E-state index < -0.39 is 0 Å². The van der Waals surface area contributed by atoms with Crippen LogP contribution in [-0.2, 0) is 16.2 Å². The summed E-state index contributed by atoms with van der Waals surface area (Å²) in [6, 6.07) is 53.7. The molecule has 0 atom stereocenters. The van der Waals surface area contributed by atoms with E-state index in [1.165, 1.54) is 104 Å². The lowest BCUT2D eigenvalue weighted by molar-refractivity contribution is 0.590. The molecule has 2 aliphatic heterocycles. The van der Waals surface area contributed by atoms with Gasteiger partial charge in [0.15, 0.2) is 0 Å². The van der Waals surface area contributed by atoms with Gasteiger partial charge in [0.1, 0.15) is 0 Å². The molecule has 0 N–H and O–H groups in total. The first-order valence-corrected chi connectivity index (χ1v) is 21.4. The van der Waals surface area contributed by atoms with E-state index >= 15 is 0 Å². The van der Waals surface area contributed by atoms with E-state index in [9.17, 15) is 0 Å². The molecule has 7 aromatic carbocycles. The molecule has 0 amide bonds. The highest BCUT2D eigenvalue weighted by atomic mass is 32.1. The van der Waals surface area contributed by atoms with E-state index in [1.807, 2.05) is 11.3 Å². The van der Waals surface area contributed by atoms with Crippen LogP contribution < -0.4 is 21.3 Å². The Balaban J connectivity index is 1.33. The Bertz CT molecular complexity index is 2910. The summed E-state index contributed by atoms with van der Waals surface area (Å²) < 4.78 is 2.68. The van der Waals surface area contributed by atoms with Gasteiger partial charge in [-0.15, -0.1) is 11.3 Å². The lowest BCUT2D eigenvalue weighted by Gasteiger charge is -2.38. The van der Waals surface area contributed by atoms with Gasteiger partial charge in [-0.05, 0) is 108 Å². The second kappa shape index (κ2) is 12.6. The normalized spacial score (nSPS) is 13.6. The first-order valence-electron chi connectivity index (χ1n) is 20.5. The number of hydrogen-bond acceptors (Lipinski definition) is 2. The van der Waals surface area contributed by atoms with Crippen LogP contribution in [0.15, 0.2) is 140 Å². The molecule has 0 saturated carbocycles. The van der Waals surface area contributed by atoms with Crippen LogP contribution in [0.2, 0.25) is 0 Å². The SMILES string of the molecule is CC(C)(C)c1ccc2c(c1)B1c3cc(C(C)(C)C)ccc3N(c3ccc(C(C)(C)C)cc3-c3ccccc3)c3cc(-c4cccc5c4sc4ccccc45)cc-2c31. The molecule has 0 bridgehead atoms. The molecule has 0 aliphatic carbocycles. The largest absolute Gasteiger partial charge is 0.311 e. The molecule has 0 saturated heterocycles. The van der Waals surface area contributed by atoms with Crippen LogP contribution in [0.5, 0.6) is 0 Å². The quantitative estimate of drug-likeness (QED) is 0.162. The lowest BCUT2D eigenvalue weighted by atomic mass is 9.36. The van der Waals surface area contributed by atoms with E-state index in [1.54, 1.807) is 0 Å². The van der Waals surface area contributed by atoms with Crippen molar-refractivity contribution in [2.45, 2.75) is 78.6 Å². The molecule has 10 rings (SSSR count). The summed E-state index contributed by atoms with van der Waals surface area (Å²) in [4.78, 5) is 2.62. The van der Waals surface area contributed by atoms with Gasteiger partial charge in [-0.25, -0.2) is 0 Å². The number of anilines is 3. The van der Waals surface area contributed by atoms with Gasteiger partial charge < -0.3 is 4.90 Å². The van der Waals surface area contributed by atoms with Crippen molar-refractivity contribution in [3.05, 3.63) is 156 Å². The van der Waals surface area contributed by atoms with Crippen molar-refractivity contribution < 1.29 is 0 Å². The van der Waals surface area contributed by atoms with Crippen LogP contribution >= 0.6 is 11.3 Å². The highest BCUT2D eigenvalue weighted by Crippen LogP contribution is 2.49. The summed E-state index contributed by atoms with van der Waals surface area (Å²) in [6.07, 6.45) is 0. The molecule has 2 aliphatic rings. The number of rotatable bonds is 3. The van der Waals surface area contributed by atoms with Gasteiger partial charge in [0.25, 0.3) is 0 Å². The summed E-state index contributed by atoms with van der Waals surface area (Å²) in [7, 11) is 0. The van der Waals surface area contributed by atoms with Crippen molar-refractivity contribution in [1.82, 2.24) is 0 Å². The Morgan fingerprint density at radius 1 is 0.421 bits per heavy atom. The third-order valence-electron chi connectivity index (χ3n) is 12.6. The van der Waals surface area contributed by atoms with E-state index in [0.29, 0.717) is 0 Å². The monoisotopic (exact) mass is 755 g/mol. The molecule has 0 unspecified atom stereocenters. The van der Waals surface area contributed by atoms with E-state index in [2.05, 4.69) is 207 Å². The Hall–Kier alpha value is -5.38. The van der Waals surface area contributed by atoms with Crippen LogP contribution in [-0.4, -0.2) is 6.71 Å². The smallest absolute Gasteiger partial charge is 0.248 e. The van der Waals surface area contributed by atoms with Crippen LogP contribution in [0.1, 0.15) is 79.0 Å². The highest BCUT2D eigenvalue weighted by molar-refractivity contribution is 7.26. The summed E-state index contributed by atoms with van der Waals surface area (Å²) >= 11 is 1.91. The van der Waals surface area contributed by atoms with Gasteiger partial charge in [0.2, 0.25) is 6.71 Å². The zero-order valence-corrected chi connectivity index (χ0v) is 35.5. The van der Waals surface area contributed by atoms with Gasteiger partial charge >= 0.3 is 0 Å². The minimum Gasteiger partial charge on any atom is -0.311 e. The molecular formula is C54H50BNS. The second-order valence-electron chi connectivity index (χ2n) is 19.4. The van der Waals surface area contributed by atoms with Crippen LogP contribution in [0.4, 0.5) is 17.1 Å². The maximum atomic E-state index is 2.62. The van der Waals surface area contributed by atoms with E-state index in [4.69, 9.17) is 0 Å². The first-order chi connectivity index (χ1) is 27.2. The number of fused-ring (bicyclic) bond motifs is 8. The summed E-state index contributed by atoms with van der Waals surface area (Å²) in [5.41, 5.74) is 19.9. The zero-order chi connectivity index (χ0) is 39.6. The standard InChI is InChI=1S/C54H50BNS/c1-52(2,3)35-23-26-46(42(30-35)33-16-11-10-12-17-33)56-47-27-24-37(54(7,8)9)32-45(47)55-44-31-36(53(4,5)6)22-25-39(44)43-28-34(29-48(56)50(43)55)38-19-15-20-41-40-18-13-14-21-49(40)57-51(38)41/h10-32H,1-9H3. The van der Waals surface area contributed by atoms with Crippen molar-refractivity contribution in [3.63, 3.8) is 0 Å². The Morgan fingerprint density at radius 2 is 1.04 bits per heavy atom. The maximum absolute atomic E-state index is 2.62. The number of thiophene rings is 1. The Morgan fingerprint density at radius 3 is 1.75 bits per heavy atom. The molecule has 1 nitrogen and oxygen atoms in total. The van der Waals surface area contributed by atoms with Gasteiger partial charge in [-0.3, -0.25) is 0 Å². The Kier molecular flexibility index (Phi) is 7.93. The summed E-state index contributed by atoms with van der Waals surface area (Å²) in [5, 5.41) is 2.66. The predicted octanol–water partition coefficient (Wildman–Crippen LogP) is 13.6. The molecule has 0 spiro atoms. The fraction of sp³-hybridized carbons (Fsp3) is 0.222. The molecule has 8 aromatic rings. The third kappa shape index (κ3) is 5.72. The van der Waals surface area contributed by atoms with Crippen molar-refractivity contribution in [1.29, 1.82) is 0 Å². The van der Waals surface area contributed by atoms with Crippen LogP contribution in [0.25, 0.3) is 53.6 Å². The molecule has 1 aromatic heterocycles. The number of nitrogens with zero attached hydrogens (tertiary/aromatic N) is 1. The zero-order valence-electron chi connectivity index (χ0n) is 34.7.